The number of nitrogens with two attached hydrogens (primary N) is 1. The monoisotopic (exact) mass is 519 g/mol. The minimum absolute atomic E-state index is 0.392. The average molecular weight is 520 g/mol. The van der Waals surface area contributed by atoms with Crippen molar-refractivity contribution in [2.75, 3.05) is 37.1 Å². The van der Waals surface area contributed by atoms with E-state index in [9.17, 15) is 0 Å². The number of benzene rings is 1. The maximum atomic E-state index is 6.20. The molecule has 2 aliphatic rings. The molecule has 1 fully saturated rings. The lowest BCUT2D eigenvalue weighted by Crippen LogP contribution is -2.46. The van der Waals surface area contributed by atoms with Crippen molar-refractivity contribution < 1.29 is 4.74 Å². The van der Waals surface area contributed by atoms with Crippen molar-refractivity contribution in [1.29, 1.82) is 0 Å². The standard InChI is InChI=1S/C28H39N7O.C2H6/c1-7-24(36-6)12-18(2)32-28-31-15-22-16-34(17-27(22)33-28)23-10-11-35(19(3)13-23)20(4)21-8-9-26(30-5)25(29)14-21;1-2/h7-9,12,14-15,19,23,30H,4,10-11,13,16-17,29H2,1-3,5-6H3,(H,31,32,33);1-2H3/b18-12+,24-7+;/t19-,23+;/m1./s1. The van der Waals surface area contributed by atoms with Crippen LogP contribution in [0.15, 0.2) is 54.6 Å². The van der Waals surface area contributed by atoms with Crippen LogP contribution in [0, 0.1) is 0 Å². The number of allylic oxidation sites excluding steroid dienone is 3. The zero-order valence-electron chi connectivity index (χ0n) is 24.1. The van der Waals surface area contributed by atoms with Crippen molar-refractivity contribution in [3.63, 3.8) is 0 Å². The van der Waals surface area contributed by atoms with E-state index < -0.39 is 0 Å². The van der Waals surface area contributed by atoms with E-state index in [-0.39, 0.29) is 0 Å². The number of piperidine rings is 1. The molecule has 0 spiro atoms. The summed E-state index contributed by atoms with van der Waals surface area (Å²) in [5.74, 6) is 1.42. The molecule has 0 radical (unpaired) electrons. The van der Waals surface area contributed by atoms with Crippen LogP contribution in [0.2, 0.25) is 0 Å². The average Bonchev–Trinajstić information content (AvgIpc) is 3.36. The summed E-state index contributed by atoms with van der Waals surface area (Å²) >= 11 is 0. The Balaban J connectivity index is 0.00000195. The van der Waals surface area contributed by atoms with Crippen LogP contribution in [0.5, 0.6) is 0 Å². The van der Waals surface area contributed by atoms with Gasteiger partial charge in [0.05, 0.1) is 24.2 Å². The molecule has 2 aromatic rings. The first-order chi connectivity index (χ1) is 18.3. The molecule has 8 heteroatoms. The summed E-state index contributed by atoms with van der Waals surface area (Å²) in [4.78, 5) is 14.3. The van der Waals surface area contributed by atoms with Crippen LogP contribution in [-0.4, -0.2) is 52.6 Å². The maximum absolute atomic E-state index is 6.20. The quantitative estimate of drug-likeness (QED) is 0.228. The Morgan fingerprint density at radius 2 is 2.03 bits per heavy atom. The highest BCUT2D eigenvalue weighted by Crippen LogP contribution is 2.34. The van der Waals surface area contributed by atoms with Crippen molar-refractivity contribution in [1.82, 2.24) is 19.8 Å². The molecular formula is C30H45N7O. The number of fused-ring (bicyclic) bond motifs is 1. The Bertz CT molecular complexity index is 1170. The molecule has 1 aromatic carbocycles. The van der Waals surface area contributed by atoms with Crippen molar-refractivity contribution in [3.05, 3.63) is 71.4 Å². The number of rotatable bonds is 8. The molecule has 1 aromatic heterocycles. The first-order valence-corrected chi connectivity index (χ1v) is 13.6. The normalized spacial score (nSPS) is 19.8. The Morgan fingerprint density at radius 3 is 2.66 bits per heavy atom. The second-order valence-corrected chi connectivity index (χ2v) is 9.64. The number of nitrogen functional groups attached to an aromatic ring is 1. The third-order valence-corrected chi connectivity index (χ3v) is 7.23. The van der Waals surface area contributed by atoms with Crippen LogP contribution >= 0.6 is 0 Å². The van der Waals surface area contributed by atoms with Gasteiger partial charge in [-0.3, -0.25) is 4.90 Å². The van der Waals surface area contributed by atoms with Gasteiger partial charge in [0.15, 0.2) is 0 Å². The molecular weight excluding hydrogens is 474 g/mol. The van der Waals surface area contributed by atoms with Crippen molar-refractivity contribution in [3.8, 4) is 0 Å². The van der Waals surface area contributed by atoms with Gasteiger partial charge in [0.25, 0.3) is 0 Å². The predicted octanol–water partition coefficient (Wildman–Crippen LogP) is 5.83. The molecule has 206 valence electrons. The number of aromatic nitrogens is 2. The first-order valence-electron chi connectivity index (χ1n) is 13.6. The SMILES string of the molecule is C=C(c1ccc(NC)c(N)c1)N1CC[C@H](N2Cc3cnc(N/C(C)=C/C(=C\C)OC)nc3C2)C[C@H]1C.CC. The minimum Gasteiger partial charge on any atom is -0.497 e. The van der Waals surface area contributed by atoms with Gasteiger partial charge in [-0.25, -0.2) is 9.97 Å². The molecule has 0 bridgehead atoms. The van der Waals surface area contributed by atoms with Gasteiger partial charge in [-0.1, -0.05) is 26.5 Å². The largest absolute Gasteiger partial charge is 0.497 e. The lowest BCUT2D eigenvalue weighted by molar-refractivity contribution is 0.102. The van der Waals surface area contributed by atoms with E-state index in [4.69, 9.17) is 15.5 Å². The summed E-state index contributed by atoms with van der Waals surface area (Å²) in [5, 5.41) is 6.41. The number of nitrogens with one attached hydrogen (secondary N) is 2. The molecule has 0 aliphatic carbocycles. The number of ether oxygens (including phenoxy) is 1. The van der Waals surface area contributed by atoms with Crippen LogP contribution in [-0.2, 0) is 17.8 Å². The van der Waals surface area contributed by atoms with Gasteiger partial charge in [0.2, 0.25) is 5.95 Å². The second kappa shape index (κ2) is 13.3. The number of methoxy groups -OCH3 is 1. The van der Waals surface area contributed by atoms with Gasteiger partial charge in [-0.2, -0.15) is 0 Å². The highest BCUT2D eigenvalue weighted by molar-refractivity contribution is 5.73. The highest BCUT2D eigenvalue weighted by atomic mass is 16.5. The molecule has 1 saturated heterocycles. The Hall–Kier alpha value is -3.52. The van der Waals surface area contributed by atoms with Gasteiger partial charge < -0.3 is 26.0 Å². The van der Waals surface area contributed by atoms with E-state index in [2.05, 4.69) is 45.0 Å². The van der Waals surface area contributed by atoms with Crippen LogP contribution < -0.4 is 16.4 Å². The van der Waals surface area contributed by atoms with Gasteiger partial charge in [0, 0.05) is 61.9 Å². The fourth-order valence-electron chi connectivity index (χ4n) is 5.20. The summed E-state index contributed by atoms with van der Waals surface area (Å²) < 4.78 is 5.31. The van der Waals surface area contributed by atoms with E-state index in [1.165, 1.54) is 5.56 Å². The topological polar surface area (TPSA) is 91.6 Å². The number of likely N-dealkylation sites (tertiary alicyclic amines) is 1. The van der Waals surface area contributed by atoms with Crippen molar-refractivity contribution >= 4 is 23.0 Å². The molecule has 4 rings (SSSR count). The first kappa shape index (κ1) is 29.0. The minimum atomic E-state index is 0.392. The summed E-state index contributed by atoms with van der Waals surface area (Å²) in [6.07, 6.45) is 7.99. The zero-order chi connectivity index (χ0) is 27.8. The summed E-state index contributed by atoms with van der Waals surface area (Å²) in [6.45, 7) is 17.4. The smallest absolute Gasteiger partial charge is 0.227 e. The van der Waals surface area contributed by atoms with E-state index in [0.29, 0.717) is 18.0 Å². The maximum Gasteiger partial charge on any atom is 0.227 e. The fraction of sp³-hybridized carbons (Fsp3) is 0.467. The van der Waals surface area contributed by atoms with Crippen LogP contribution in [0.4, 0.5) is 17.3 Å². The van der Waals surface area contributed by atoms with Crippen molar-refractivity contribution in [2.45, 2.75) is 72.6 Å². The Labute approximate surface area is 228 Å². The third kappa shape index (κ3) is 6.67. The highest BCUT2D eigenvalue weighted by Gasteiger charge is 2.33. The molecule has 0 saturated carbocycles. The summed E-state index contributed by atoms with van der Waals surface area (Å²) in [5.41, 5.74) is 13.3. The second-order valence-electron chi connectivity index (χ2n) is 9.64. The van der Waals surface area contributed by atoms with Crippen molar-refractivity contribution in [2.24, 2.45) is 0 Å². The zero-order valence-corrected chi connectivity index (χ0v) is 24.1. The van der Waals surface area contributed by atoms with Gasteiger partial charge in [-0.15, -0.1) is 0 Å². The molecule has 2 atom stereocenters. The molecule has 0 amide bonds. The number of anilines is 3. The van der Waals surface area contributed by atoms with Crippen LogP contribution in [0.3, 0.4) is 0 Å². The van der Waals surface area contributed by atoms with Gasteiger partial charge in [-0.05, 0) is 63.5 Å². The van der Waals surface area contributed by atoms with Crippen LogP contribution in [0.25, 0.3) is 5.70 Å². The Kier molecular flexibility index (Phi) is 10.2. The Morgan fingerprint density at radius 1 is 1.26 bits per heavy atom. The molecule has 2 aliphatic heterocycles. The molecule has 0 unspecified atom stereocenters. The molecule has 4 N–H and O–H groups in total. The lowest BCUT2D eigenvalue weighted by Gasteiger charge is -2.43. The summed E-state index contributed by atoms with van der Waals surface area (Å²) in [7, 11) is 3.55. The van der Waals surface area contributed by atoms with E-state index in [1.807, 2.05) is 65.2 Å². The predicted molar refractivity (Wildman–Crippen MR) is 159 cm³/mol. The van der Waals surface area contributed by atoms with Gasteiger partial charge in [0.1, 0.15) is 5.76 Å². The fourth-order valence-corrected chi connectivity index (χ4v) is 5.20. The summed E-state index contributed by atoms with van der Waals surface area (Å²) in [6, 6.07) is 7.03. The lowest BCUT2D eigenvalue weighted by atomic mass is 9.95. The number of hydrogen-bond acceptors (Lipinski definition) is 8. The van der Waals surface area contributed by atoms with E-state index in [1.54, 1.807) is 7.11 Å². The molecule has 38 heavy (non-hydrogen) atoms. The van der Waals surface area contributed by atoms with Crippen LogP contribution in [0.1, 0.15) is 64.3 Å². The van der Waals surface area contributed by atoms with E-state index >= 15 is 0 Å². The third-order valence-electron chi connectivity index (χ3n) is 7.23. The van der Waals surface area contributed by atoms with E-state index in [0.717, 1.165) is 72.3 Å². The molecule has 8 nitrogen and oxygen atoms in total. The van der Waals surface area contributed by atoms with Gasteiger partial charge >= 0.3 is 0 Å². The number of hydrogen-bond donors (Lipinski definition) is 3. The molecule has 3 heterocycles. The number of nitrogens with zero attached hydrogens (tertiary/aromatic N) is 4.